The molecule has 9 heteroatoms. The second kappa shape index (κ2) is 9.57. The van der Waals surface area contributed by atoms with Gasteiger partial charge in [-0.1, -0.05) is 0 Å². The van der Waals surface area contributed by atoms with E-state index < -0.39 is 0 Å². The normalized spacial score (nSPS) is 17.0. The number of pyridine rings is 1. The Morgan fingerprint density at radius 3 is 2.52 bits per heavy atom. The SMILES string of the molecule is Cc1cc(-c2cnc(NCC3CCCO3)nc2)nc2cc3c(cc12)OCCO3.O=CO. The van der Waals surface area contributed by atoms with Crippen LogP contribution in [0.2, 0.25) is 0 Å². The first-order valence-electron chi connectivity index (χ1n) is 10.1. The second-order valence-corrected chi connectivity index (χ2v) is 7.25. The topological polar surface area (TPSA) is 116 Å². The molecule has 0 aliphatic carbocycles. The fourth-order valence-corrected chi connectivity index (χ4v) is 3.64. The minimum Gasteiger partial charge on any atom is -0.486 e. The molecule has 2 aliphatic heterocycles. The van der Waals surface area contributed by atoms with E-state index in [1.54, 1.807) is 12.4 Å². The highest BCUT2D eigenvalue weighted by atomic mass is 16.6. The van der Waals surface area contributed by atoms with Crippen LogP contribution in [0.3, 0.4) is 0 Å². The molecule has 9 nitrogen and oxygen atoms in total. The molecule has 162 valence electrons. The Morgan fingerprint density at radius 2 is 1.84 bits per heavy atom. The van der Waals surface area contributed by atoms with Crippen LogP contribution in [-0.4, -0.2) is 59.0 Å². The quantitative estimate of drug-likeness (QED) is 0.610. The summed E-state index contributed by atoms with van der Waals surface area (Å²) in [6, 6.07) is 6.00. The van der Waals surface area contributed by atoms with Crippen LogP contribution in [0.25, 0.3) is 22.2 Å². The van der Waals surface area contributed by atoms with Gasteiger partial charge in [0.2, 0.25) is 5.95 Å². The Bertz CT molecular complexity index is 1050. The van der Waals surface area contributed by atoms with Gasteiger partial charge in [-0.25, -0.2) is 15.0 Å². The number of aryl methyl sites for hydroxylation is 1. The average molecular weight is 424 g/mol. The number of rotatable bonds is 4. The molecule has 0 bridgehead atoms. The van der Waals surface area contributed by atoms with E-state index in [0.717, 1.165) is 65.2 Å². The highest BCUT2D eigenvalue weighted by Gasteiger charge is 2.17. The largest absolute Gasteiger partial charge is 0.486 e. The zero-order valence-electron chi connectivity index (χ0n) is 17.2. The van der Waals surface area contributed by atoms with Crippen molar-refractivity contribution in [1.29, 1.82) is 0 Å². The van der Waals surface area contributed by atoms with Crippen molar-refractivity contribution in [1.82, 2.24) is 15.0 Å². The predicted octanol–water partition coefficient (Wildman–Crippen LogP) is 3.06. The van der Waals surface area contributed by atoms with E-state index in [9.17, 15) is 0 Å². The van der Waals surface area contributed by atoms with Gasteiger partial charge in [-0.05, 0) is 37.5 Å². The average Bonchev–Trinajstić information content (AvgIpc) is 3.31. The molecule has 0 amide bonds. The van der Waals surface area contributed by atoms with Gasteiger partial charge in [0, 0.05) is 42.6 Å². The van der Waals surface area contributed by atoms with Crippen LogP contribution in [0.4, 0.5) is 5.95 Å². The maximum absolute atomic E-state index is 8.36. The molecule has 31 heavy (non-hydrogen) atoms. The third kappa shape index (κ3) is 4.83. The van der Waals surface area contributed by atoms with Gasteiger partial charge in [-0.2, -0.15) is 0 Å². The molecule has 0 radical (unpaired) electrons. The standard InChI is InChI=1S/C21H22N4O3.CH2O2/c1-13-7-17(25-18-9-20-19(8-16(13)18)27-5-6-28-20)14-10-22-21(23-11-14)24-12-15-3-2-4-26-15;2-1-3/h7-11,15H,2-6,12H2,1H3,(H,22,23,24);1H,(H,2,3). The molecule has 2 N–H and O–H groups in total. The lowest BCUT2D eigenvalue weighted by Gasteiger charge is -2.19. The van der Waals surface area contributed by atoms with Gasteiger partial charge in [0.15, 0.2) is 11.5 Å². The van der Waals surface area contributed by atoms with Crippen LogP contribution in [0.5, 0.6) is 11.5 Å². The fourth-order valence-electron chi connectivity index (χ4n) is 3.64. The molecular formula is C22H24N4O5. The molecule has 1 fully saturated rings. The maximum Gasteiger partial charge on any atom is 0.290 e. The van der Waals surface area contributed by atoms with Crippen molar-refractivity contribution in [2.24, 2.45) is 0 Å². The van der Waals surface area contributed by atoms with Crippen molar-refractivity contribution < 1.29 is 24.1 Å². The number of nitrogens with one attached hydrogen (secondary N) is 1. The number of benzene rings is 1. The summed E-state index contributed by atoms with van der Waals surface area (Å²) in [5.74, 6) is 2.13. The highest BCUT2D eigenvalue weighted by molar-refractivity contribution is 5.88. The number of hydrogen-bond acceptors (Lipinski definition) is 8. The van der Waals surface area contributed by atoms with Gasteiger partial charge < -0.3 is 24.6 Å². The van der Waals surface area contributed by atoms with Crippen molar-refractivity contribution in [3.05, 3.63) is 36.2 Å². The zero-order chi connectivity index (χ0) is 21.6. The summed E-state index contributed by atoms with van der Waals surface area (Å²) in [4.78, 5) is 22.0. The molecule has 1 unspecified atom stereocenters. The van der Waals surface area contributed by atoms with E-state index >= 15 is 0 Å². The first kappa shape index (κ1) is 20.8. The molecule has 0 spiro atoms. The van der Waals surface area contributed by atoms with Crippen molar-refractivity contribution in [2.45, 2.75) is 25.9 Å². The van der Waals surface area contributed by atoms with E-state index in [-0.39, 0.29) is 12.6 Å². The molecule has 4 heterocycles. The fraction of sp³-hybridized carbons (Fsp3) is 0.364. The van der Waals surface area contributed by atoms with E-state index in [1.807, 2.05) is 12.1 Å². The summed E-state index contributed by atoms with van der Waals surface area (Å²) in [5.41, 5.74) is 3.72. The van der Waals surface area contributed by atoms with E-state index in [0.29, 0.717) is 19.2 Å². The first-order chi connectivity index (χ1) is 15.2. The molecule has 0 saturated carbocycles. The number of carboxylic acid groups (broad SMARTS) is 1. The van der Waals surface area contributed by atoms with Crippen molar-refractivity contribution >= 4 is 23.3 Å². The lowest BCUT2D eigenvalue weighted by molar-refractivity contribution is -0.122. The summed E-state index contributed by atoms with van der Waals surface area (Å²) >= 11 is 0. The highest BCUT2D eigenvalue weighted by Crippen LogP contribution is 2.36. The van der Waals surface area contributed by atoms with Gasteiger partial charge in [-0.3, -0.25) is 4.79 Å². The summed E-state index contributed by atoms with van der Waals surface area (Å²) in [7, 11) is 0. The maximum atomic E-state index is 8.36. The molecule has 2 aliphatic rings. The number of anilines is 1. The van der Waals surface area contributed by atoms with Crippen molar-refractivity contribution in [2.75, 3.05) is 31.7 Å². The van der Waals surface area contributed by atoms with Crippen LogP contribution in [0.1, 0.15) is 18.4 Å². The molecule has 1 aromatic carbocycles. The lowest BCUT2D eigenvalue weighted by Crippen LogP contribution is -2.19. The van der Waals surface area contributed by atoms with Crippen LogP contribution >= 0.6 is 0 Å². The van der Waals surface area contributed by atoms with Crippen LogP contribution in [0.15, 0.2) is 30.6 Å². The van der Waals surface area contributed by atoms with Crippen molar-refractivity contribution in [3.8, 4) is 22.8 Å². The Morgan fingerprint density at radius 1 is 1.13 bits per heavy atom. The third-order valence-corrected chi connectivity index (χ3v) is 5.14. The Balaban J connectivity index is 0.000000730. The number of nitrogens with zero attached hydrogens (tertiary/aromatic N) is 3. The Kier molecular flexibility index (Phi) is 6.42. The zero-order valence-corrected chi connectivity index (χ0v) is 17.2. The van der Waals surface area contributed by atoms with Crippen LogP contribution in [-0.2, 0) is 9.53 Å². The molecular weight excluding hydrogens is 400 g/mol. The van der Waals surface area contributed by atoms with Gasteiger partial charge in [-0.15, -0.1) is 0 Å². The lowest BCUT2D eigenvalue weighted by atomic mass is 10.1. The number of aromatic nitrogens is 3. The van der Waals surface area contributed by atoms with Gasteiger partial charge in [0.25, 0.3) is 6.47 Å². The van der Waals surface area contributed by atoms with E-state index in [4.69, 9.17) is 29.1 Å². The monoisotopic (exact) mass is 424 g/mol. The summed E-state index contributed by atoms with van der Waals surface area (Å²) in [6.07, 6.45) is 6.07. The van der Waals surface area contributed by atoms with Gasteiger partial charge in [0.05, 0.1) is 17.3 Å². The Hall–Kier alpha value is -3.46. The summed E-state index contributed by atoms with van der Waals surface area (Å²) in [5, 5.41) is 11.2. The molecule has 2 aromatic heterocycles. The number of ether oxygens (including phenoxy) is 3. The van der Waals surface area contributed by atoms with Gasteiger partial charge in [0.1, 0.15) is 13.2 Å². The molecule has 3 aromatic rings. The molecule has 1 atom stereocenters. The minimum atomic E-state index is -0.250. The minimum absolute atomic E-state index is 0.250. The number of carbonyl (C=O) groups is 1. The summed E-state index contributed by atoms with van der Waals surface area (Å²) in [6.45, 7) is 4.54. The number of hydrogen-bond donors (Lipinski definition) is 2. The first-order valence-corrected chi connectivity index (χ1v) is 10.1. The Labute approximate surface area is 179 Å². The van der Waals surface area contributed by atoms with Gasteiger partial charge >= 0.3 is 0 Å². The number of fused-ring (bicyclic) bond motifs is 2. The molecule has 5 rings (SSSR count). The van der Waals surface area contributed by atoms with Crippen LogP contribution in [0, 0.1) is 6.92 Å². The molecule has 1 saturated heterocycles. The van der Waals surface area contributed by atoms with E-state index in [1.165, 1.54) is 0 Å². The summed E-state index contributed by atoms with van der Waals surface area (Å²) < 4.78 is 17.0. The second-order valence-electron chi connectivity index (χ2n) is 7.25. The smallest absolute Gasteiger partial charge is 0.290 e. The van der Waals surface area contributed by atoms with Crippen LogP contribution < -0.4 is 14.8 Å². The predicted molar refractivity (Wildman–Crippen MR) is 115 cm³/mol. The van der Waals surface area contributed by atoms with Crippen molar-refractivity contribution in [3.63, 3.8) is 0 Å². The van der Waals surface area contributed by atoms with E-state index in [2.05, 4.69) is 28.3 Å². The third-order valence-electron chi connectivity index (χ3n) is 5.14.